The lowest BCUT2D eigenvalue weighted by molar-refractivity contribution is 0.0343. The van der Waals surface area contributed by atoms with Gasteiger partial charge >= 0.3 is 0 Å². The third-order valence-corrected chi connectivity index (χ3v) is 3.84. The lowest BCUT2D eigenvalue weighted by Gasteiger charge is -2.26. The van der Waals surface area contributed by atoms with Crippen LogP contribution in [0.2, 0.25) is 5.02 Å². The summed E-state index contributed by atoms with van der Waals surface area (Å²) in [5, 5.41) is 2.08. The van der Waals surface area contributed by atoms with E-state index in [9.17, 15) is 0 Å². The fourth-order valence-corrected chi connectivity index (χ4v) is 2.93. The average molecular weight is 265 g/mol. The minimum atomic E-state index is 0.822. The maximum absolute atomic E-state index is 6.26. The summed E-state index contributed by atoms with van der Waals surface area (Å²) < 4.78 is 7.50. The van der Waals surface area contributed by atoms with Crippen LogP contribution >= 0.6 is 11.6 Å². The van der Waals surface area contributed by atoms with E-state index in [1.165, 1.54) is 10.9 Å². The highest BCUT2D eigenvalue weighted by Crippen LogP contribution is 2.28. The molecule has 0 aliphatic carbocycles. The zero-order valence-corrected chi connectivity index (χ0v) is 11.3. The van der Waals surface area contributed by atoms with Crippen molar-refractivity contribution in [1.29, 1.82) is 0 Å². The zero-order chi connectivity index (χ0) is 12.5. The summed E-state index contributed by atoms with van der Waals surface area (Å²) in [7, 11) is 2.05. The Hall–Kier alpha value is -1.03. The van der Waals surface area contributed by atoms with Crippen LogP contribution in [0.1, 0.15) is 5.56 Å². The van der Waals surface area contributed by atoms with Crippen LogP contribution in [0, 0.1) is 0 Å². The monoisotopic (exact) mass is 264 g/mol. The largest absolute Gasteiger partial charge is 0.379 e. The number of para-hydroxylation sites is 1. The molecule has 0 N–H and O–H groups in total. The summed E-state index contributed by atoms with van der Waals surface area (Å²) in [4.78, 5) is 2.43. The van der Waals surface area contributed by atoms with Crippen molar-refractivity contribution in [2.45, 2.75) is 6.54 Å². The topological polar surface area (TPSA) is 17.4 Å². The molecule has 0 bridgehead atoms. The fourth-order valence-electron chi connectivity index (χ4n) is 2.63. The Balaban J connectivity index is 1.94. The maximum atomic E-state index is 6.26. The molecule has 0 atom stereocenters. The van der Waals surface area contributed by atoms with Gasteiger partial charge in [0.05, 0.1) is 23.8 Å². The Morgan fingerprint density at radius 3 is 2.83 bits per heavy atom. The molecule has 0 spiro atoms. The number of rotatable bonds is 2. The number of morpholine rings is 1. The Kier molecular flexibility index (Phi) is 3.29. The summed E-state index contributed by atoms with van der Waals surface area (Å²) in [6.07, 6.45) is 2.19. The summed E-state index contributed by atoms with van der Waals surface area (Å²) >= 11 is 6.26. The van der Waals surface area contributed by atoms with Crippen LogP contribution < -0.4 is 0 Å². The molecule has 1 aromatic carbocycles. The number of ether oxygens (including phenoxy) is 1. The number of fused-ring (bicyclic) bond motifs is 1. The first-order valence-electron chi connectivity index (χ1n) is 6.28. The number of halogens is 1. The first-order valence-corrected chi connectivity index (χ1v) is 6.66. The quantitative estimate of drug-likeness (QED) is 0.830. The van der Waals surface area contributed by atoms with E-state index in [1.807, 2.05) is 12.1 Å². The normalized spacial score (nSPS) is 17.4. The van der Waals surface area contributed by atoms with Gasteiger partial charge in [-0.15, -0.1) is 0 Å². The molecule has 0 radical (unpaired) electrons. The van der Waals surface area contributed by atoms with E-state index >= 15 is 0 Å². The number of aromatic nitrogens is 1. The molecule has 1 fully saturated rings. The average Bonchev–Trinajstić information content (AvgIpc) is 2.69. The van der Waals surface area contributed by atoms with Gasteiger partial charge in [0.25, 0.3) is 0 Å². The van der Waals surface area contributed by atoms with E-state index in [-0.39, 0.29) is 0 Å². The van der Waals surface area contributed by atoms with Crippen molar-refractivity contribution < 1.29 is 4.74 Å². The van der Waals surface area contributed by atoms with Gasteiger partial charge in [-0.3, -0.25) is 4.90 Å². The van der Waals surface area contributed by atoms with E-state index in [0.29, 0.717) is 0 Å². The van der Waals surface area contributed by atoms with Crippen LogP contribution in [0.15, 0.2) is 24.4 Å². The SMILES string of the molecule is Cn1cc(CN2CCOCC2)c2cccc(Cl)c21. The molecule has 1 aromatic heterocycles. The maximum Gasteiger partial charge on any atom is 0.0670 e. The Morgan fingerprint density at radius 2 is 2.06 bits per heavy atom. The van der Waals surface area contributed by atoms with Gasteiger partial charge in [0, 0.05) is 38.3 Å². The number of hydrogen-bond acceptors (Lipinski definition) is 2. The summed E-state index contributed by atoms with van der Waals surface area (Å²) in [5.41, 5.74) is 2.47. The minimum Gasteiger partial charge on any atom is -0.379 e. The first kappa shape index (κ1) is 12.0. The lowest BCUT2D eigenvalue weighted by atomic mass is 10.1. The predicted octanol–water partition coefficient (Wildman–Crippen LogP) is 2.66. The van der Waals surface area contributed by atoms with Crippen LogP contribution in [-0.4, -0.2) is 35.8 Å². The van der Waals surface area contributed by atoms with E-state index in [0.717, 1.165) is 43.4 Å². The van der Waals surface area contributed by atoms with Crippen LogP contribution in [-0.2, 0) is 18.3 Å². The second-order valence-corrected chi connectivity index (χ2v) is 5.20. The van der Waals surface area contributed by atoms with Crippen LogP contribution in [0.3, 0.4) is 0 Å². The van der Waals surface area contributed by atoms with Crippen LogP contribution in [0.4, 0.5) is 0 Å². The first-order chi connectivity index (χ1) is 8.75. The van der Waals surface area contributed by atoms with Gasteiger partial charge in [0.2, 0.25) is 0 Å². The highest BCUT2D eigenvalue weighted by Gasteiger charge is 2.15. The predicted molar refractivity (Wildman–Crippen MR) is 74.0 cm³/mol. The fraction of sp³-hybridized carbons (Fsp3) is 0.429. The number of benzene rings is 1. The molecule has 2 aromatic rings. The van der Waals surface area contributed by atoms with E-state index < -0.39 is 0 Å². The van der Waals surface area contributed by atoms with Crippen molar-refractivity contribution in [2.75, 3.05) is 26.3 Å². The van der Waals surface area contributed by atoms with Gasteiger partial charge in [0.15, 0.2) is 0 Å². The summed E-state index contributed by atoms with van der Waals surface area (Å²) in [6, 6.07) is 6.12. The van der Waals surface area contributed by atoms with Crippen molar-refractivity contribution in [1.82, 2.24) is 9.47 Å². The van der Waals surface area contributed by atoms with Crippen LogP contribution in [0.25, 0.3) is 10.9 Å². The summed E-state index contributed by atoms with van der Waals surface area (Å²) in [6.45, 7) is 4.67. The molecular weight excluding hydrogens is 248 g/mol. The van der Waals surface area contributed by atoms with Crippen molar-refractivity contribution in [3.63, 3.8) is 0 Å². The molecule has 1 aliphatic rings. The molecule has 2 heterocycles. The zero-order valence-electron chi connectivity index (χ0n) is 10.5. The van der Waals surface area contributed by atoms with Gasteiger partial charge in [0.1, 0.15) is 0 Å². The van der Waals surface area contributed by atoms with Crippen molar-refractivity contribution >= 4 is 22.5 Å². The van der Waals surface area contributed by atoms with Crippen molar-refractivity contribution in [3.05, 3.63) is 35.0 Å². The van der Waals surface area contributed by atoms with Gasteiger partial charge in [-0.1, -0.05) is 23.7 Å². The minimum absolute atomic E-state index is 0.822. The van der Waals surface area contributed by atoms with Crippen molar-refractivity contribution in [2.24, 2.45) is 7.05 Å². The molecule has 3 rings (SSSR count). The third-order valence-electron chi connectivity index (χ3n) is 3.53. The number of nitrogens with zero attached hydrogens (tertiary/aromatic N) is 2. The molecule has 0 saturated carbocycles. The third kappa shape index (κ3) is 2.14. The number of aryl methyl sites for hydroxylation is 1. The summed E-state index contributed by atoms with van der Waals surface area (Å²) in [5.74, 6) is 0. The Bertz CT molecular complexity index is 558. The van der Waals surface area contributed by atoms with Gasteiger partial charge in [-0.25, -0.2) is 0 Å². The molecule has 1 saturated heterocycles. The molecule has 96 valence electrons. The molecule has 3 nitrogen and oxygen atoms in total. The van der Waals surface area contributed by atoms with Crippen molar-refractivity contribution in [3.8, 4) is 0 Å². The Morgan fingerprint density at radius 1 is 1.28 bits per heavy atom. The highest BCUT2D eigenvalue weighted by molar-refractivity contribution is 6.35. The molecule has 0 unspecified atom stereocenters. The van der Waals surface area contributed by atoms with Gasteiger partial charge < -0.3 is 9.30 Å². The molecular formula is C14H17ClN2O. The van der Waals surface area contributed by atoms with Gasteiger partial charge in [-0.05, 0) is 11.6 Å². The molecule has 18 heavy (non-hydrogen) atoms. The van der Waals surface area contributed by atoms with Crippen LogP contribution in [0.5, 0.6) is 0 Å². The lowest BCUT2D eigenvalue weighted by Crippen LogP contribution is -2.35. The van der Waals surface area contributed by atoms with E-state index in [1.54, 1.807) is 0 Å². The number of hydrogen-bond donors (Lipinski definition) is 0. The second kappa shape index (κ2) is 4.92. The van der Waals surface area contributed by atoms with E-state index in [4.69, 9.17) is 16.3 Å². The standard InChI is InChI=1S/C14H17ClN2O/c1-16-9-11(10-17-5-7-18-8-6-17)12-3-2-4-13(15)14(12)16/h2-4,9H,5-8,10H2,1H3. The van der Waals surface area contributed by atoms with Gasteiger partial charge in [-0.2, -0.15) is 0 Å². The molecule has 0 amide bonds. The smallest absolute Gasteiger partial charge is 0.0670 e. The second-order valence-electron chi connectivity index (χ2n) is 4.79. The molecule has 4 heteroatoms. The Labute approximate surface area is 112 Å². The molecule has 1 aliphatic heterocycles. The highest BCUT2D eigenvalue weighted by atomic mass is 35.5. The van der Waals surface area contributed by atoms with E-state index in [2.05, 4.69) is 28.8 Å².